The van der Waals surface area contributed by atoms with Crippen LogP contribution in [-0.2, 0) is 10.0 Å². The predicted octanol–water partition coefficient (Wildman–Crippen LogP) is 3.28. The molecule has 0 saturated carbocycles. The van der Waals surface area contributed by atoms with E-state index in [-0.39, 0.29) is 11.6 Å². The van der Waals surface area contributed by atoms with Gasteiger partial charge in [0.1, 0.15) is 5.75 Å². The van der Waals surface area contributed by atoms with Gasteiger partial charge in [0.05, 0.1) is 11.0 Å². The van der Waals surface area contributed by atoms with E-state index in [1.807, 2.05) is 27.7 Å². The quantitative estimate of drug-likeness (QED) is 0.857. The zero-order valence-corrected chi connectivity index (χ0v) is 14.3. The normalized spacial score (nSPS) is 22.7. The molecule has 5 heteroatoms. The van der Waals surface area contributed by atoms with Crippen LogP contribution in [0, 0.1) is 5.92 Å². The molecular formula is C16H25NO3S. The van der Waals surface area contributed by atoms with Gasteiger partial charge in [-0.25, -0.2) is 8.42 Å². The van der Waals surface area contributed by atoms with E-state index in [9.17, 15) is 8.42 Å². The molecule has 0 aliphatic carbocycles. The van der Waals surface area contributed by atoms with Gasteiger partial charge in [-0.15, -0.1) is 0 Å². The van der Waals surface area contributed by atoms with Gasteiger partial charge in [-0.2, -0.15) is 4.31 Å². The van der Waals surface area contributed by atoms with E-state index in [1.54, 1.807) is 28.6 Å². The summed E-state index contributed by atoms with van der Waals surface area (Å²) in [6, 6.07) is 6.71. The van der Waals surface area contributed by atoms with Gasteiger partial charge in [-0.3, -0.25) is 0 Å². The molecule has 1 heterocycles. The minimum Gasteiger partial charge on any atom is -0.491 e. The summed E-state index contributed by atoms with van der Waals surface area (Å²) in [5.41, 5.74) is -0.328. The molecule has 21 heavy (non-hydrogen) atoms. The predicted molar refractivity (Wildman–Crippen MR) is 84.0 cm³/mol. The summed E-state index contributed by atoms with van der Waals surface area (Å²) in [6.07, 6.45) is 0.964. The third-order valence-corrected chi connectivity index (χ3v) is 5.88. The molecule has 0 spiro atoms. The second-order valence-electron chi connectivity index (χ2n) is 6.80. The van der Waals surface area contributed by atoms with Gasteiger partial charge in [0, 0.05) is 12.1 Å². The Kier molecular flexibility index (Phi) is 4.36. The number of rotatable bonds is 4. The molecule has 1 atom stereocenters. The number of benzene rings is 1. The zero-order chi connectivity index (χ0) is 15.8. The first-order valence-corrected chi connectivity index (χ1v) is 8.86. The minimum absolute atomic E-state index is 0.0748. The van der Waals surface area contributed by atoms with Gasteiger partial charge >= 0.3 is 0 Å². The fourth-order valence-corrected chi connectivity index (χ4v) is 4.97. The molecule has 0 aromatic heterocycles. The first-order valence-electron chi connectivity index (χ1n) is 7.42. The van der Waals surface area contributed by atoms with Crippen LogP contribution in [0.4, 0.5) is 0 Å². The molecule has 1 aromatic carbocycles. The molecule has 1 aliphatic rings. The van der Waals surface area contributed by atoms with Crippen LogP contribution in [0.5, 0.6) is 5.75 Å². The van der Waals surface area contributed by atoms with Gasteiger partial charge < -0.3 is 4.74 Å². The fourth-order valence-electron chi connectivity index (χ4n) is 3.06. The van der Waals surface area contributed by atoms with Crippen LogP contribution in [0.15, 0.2) is 29.2 Å². The van der Waals surface area contributed by atoms with E-state index in [2.05, 4.69) is 6.92 Å². The maximum atomic E-state index is 12.8. The maximum absolute atomic E-state index is 12.8. The lowest BCUT2D eigenvalue weighted by Gasteiger charge is -2.30. The number of sulfonamides is 1. The van der Waals surface area contributed by atoms with Crippen LogP contribution < -0.4 is 4.74 Å². The molecule has 0 N–H and O–H groups in total. The summed E-state index contributed by atoms with van der Waals surface area (Å²) in [5, 5.41) is 0. The van der Waals surface area contributed by atoms with Crippen molar-refractivity contribution in [2.24, 2.45) is 5.92 Å². The van der Waals surface area contributed by atoms with E-state index < -0.39 is 10.0 Å². The van der Waals surface area contributed by atoms with Crippen molar-refractivity contribution in [1.82, 2.24) is 4.31 Å². The molecule has 0 unspecified atom stereocenters. The fraction of sp³-hybridized carbons (Fsp3) is 0.625. The van der Waals surface area contributed by atoms with Crippen molar-refractivity contribution < 1.29 is 13.2 Å². The Bertz CT molecular complexity index is 590. The Labute approximate surface area is 128 Å². The molecule has 1 fully saturated rings. The second-order valence-corrected chi connectivity index (χ2v) is 8.66. The van der Waals surface area contributed by atoms with Crippen molar-refractivity contribution in [3.8, 4) is 5.75 Å². The standard InChI is InChI=1S/C16H25NO3S/c1-12(2)20-14-6-8-15(9-7-14)21(18,19)17-11-13(3)10-16(17,4)5/h6-9,12-13H,10-11H2,1-5H3/t13-/m0/s1. The molecular weight excluding hydrogens is 286 g/mol. The average molecular weight is 311 g/mol. The summed E-state index contributed by atoms with van der Waals surface area (Å²) in [7, 11) is -3.45. The smallest absolute Gasteiger partial charge is 0.243 e. The summed E-state index contributed by atoms with van der Waals surface area (Å²) >= 11 is 0. The Hall–Kier alpha value is -1.07. The SMILES string of the molecule is CC(C)Oc1ccc(S(=O)(=O)N2C[C@@H](C)CC2(C)C)cc1. The Morgan fingerprint density at radius 2 is 1.81 bits per heavy atom. The van der Waals surface area contributed by atoms with Crippen molar-refractivity contribution in [3.63, 3.8) is 0 Å². The second kappa shape index (κ2) is 5.61. The van der Waals surface area contributed by atoms with Crippen LogP contribution in [0.3, 0.4) is 0 Å². The summed E-state index contributed by atoms with van der Waals surface area (Å²) in [5.74, 6) is 1.08. The molecule has 118 valence electrons. The molecule has 1 saturated heterocycles. The van der Waals surface area contributed by atoms with E-state index >= 15 is 0 Å². The van der Waals surface area contributed by atoms with Crippen LogP contribution in [0.1, 0.15) is 41.0 Å². The first-order chi connectivity index (χ1) is 9.63. The molecule has 0 bridgehead atoms. The van der Waals surface area contributed by atoms with Crippen molar-refractivity contribution in [1.29, 1.82) is 0 Å². The molecule has 2 rings (SSSR count). The van der Waals surface area contributed by atoms with Crippen LogP contribution in [0.25, 0.3) is 0 Å². The minimum atomic E-state index is -3.45. The van der Waals surface area contributed by atoms with Crippen LogP contribution in [0.2, 0.25) is 0 Å². The van der Waals surface area contributed by atoms with Crippen molar-refractivity contribution in [3.05, 3.63) is 24.3 Å². The highest BCUT2D eigenvalue weighted by Crippen LogP contribution is 2.37. The highest BCUT2D eigenvalue weighted by Gasteiger charge is 2.43. The van der Waals surface area contributed by atoms with E-state index in [0.717, 1.165) is 6.42 Å². The Balaban J connectivity index is 2.28. The lowest BCUT2D eigenvalue weighted by molar-refractivity contribution is 0.242. The third-order valence-electron chi connectivity index (χ3n) is 3.78. The van der Waals surface area contributed by atoms with Gasteiger partial charge in [0.25, 0.3) is 0 Å². The number of hydrogen-bond donors (Lipinski definition) is 0. The van der Waals surface area contributed by atoms with E-state index in [4.69, 9.17) is 4.74 Å². The highest BCUT2D eigenvalue weighted by atomic mass is 32.2. The molecule has 0 radical (unpaired) electrons. The lowest BCUT2D eigenvalue weighted by atomic mass is 9.99. The van der Waals surface area contributed by atoms with Gasteiger partial charge in [0.15, 0.2) is 0 Å². The highest BCUT2D eigenvalue weighted by molar-refractivity contribution is 7.89. The maximum Gasteiger partial charge on any atom is 0.243 e. The number of nitrogens with zero attached hydrogens (tertiary/aromatic N) is 1. The summed E-state index contributed by atoms with van der Waals surface area (Å²) in [6.45, 7) is 10.5. The lowest BCUT2D eigenvalue weighted by Crippen LogP contribution is -2.42. The van der Waals surface area contributed by atoms with Gasteiger partial charge in [0.2, 0.25) is 10.0 Å². The van der Waals surface area contributed by atoms with Gasteiger partial charge in [-0.1, -0.05) is 6.92 Å². The zero-order valence-electron chi connectivity index (χ0n) is 13.5. The Morgan fingerprint density at radius 3 is 2.24 bits per heavy atom. The summed E-state index contributed by atoms with van der Waals surface area (Å²) < 4.78 is 32.8. The summed E-state index contributed by atoms with van der Waals surface area (Å²) in [4.78, 5) is 0.334. The van der Waals surface area contributed by atoms with Crippen LogP contribution in [-0.4, -0.2) is 30.9 Å². The molecule has 0 amide bonds. The van der Waals surface area contributed by atoms with Crippen molar-refractivity contribution in [2.75, 3.05) is 6.54 Å². The van der Waals surface area contributed by atoms with Crippen molar-refractivity contribution >= 4 is 10.0 Å². The van der Waals surface area contributed by atoms with E-state index in [0.29, 0.717) is 23.1 Å². The molecule has 4 nitrogen and oxygen atoms in total. The number of ether oxygens (including phenoxy) is 1. The average Bonchev–Trinajstić information content (AvgIpc) is 2.63. The molecule has 1 aromatic rings. The number of hydrogen-bond acceptors (Lipinski definition) is 3. The van der Waals surface area contributed by atoms with Crippen LogP contribution >= 0.6 is 0 Å². The first kappa shape index (κ1) is 16.3. The monoisotopic (exact) mass is 311 g/mol. The Morgan fingerprint density at radius 1 is 1.24 bits per heavy atom. The van der Waals surface area contributed by atoms with E-state index in [1.165, 1.54) is 0 Å². The molecule has 1 aliphatic heterocycles. The van der Waals surface area contributed by atoms with Gasteiger partial charge in [-0.05, 0) is 64.3 Å². The van der Waals surface area contributed by atoms with Crippen molar-refractivity contribution in [2.45, 2.75) is 57.6 Å². The third kappa shape index (κ3) is 3.40. The topological polar surface area (TPSA) is 46.6 Å². The largest absolute Gasteiger partial charge is 0.491 e.